The fraction of sp³-hybridized carbons (Fsp3) is 0.286. The number of rotatable bonds is 6. The number of benzene rings is 1. The van der Waals surface area contributed by atoms with E-state index in [0.29, 0.717) is 53.5 Å². The molecule has 32 heavy (non-hydrogen) atoms. The van der Waals surface area contributed by atoms with Gasteiger partial charge in [0.2, 0.25) is 15.9 Å². The van der Waals surface area contributed by atoms with Gasteiger partial charge in [0.05, 0.1) is 36.6 Å². The number of anilines is 1. The van der Waals surface area contributed by atoms with Crippen LogP contribution in [0.1, 0.15) is 11.1 Å². The van der Waals surface area contributed by atoms with Gasteiger partial charge in [0.15, 0.2) is 11.4 Å². The van der Waals surface area contributed by atoms with E-state index in [1.165, 1.54) is 19.4 Å². The number of fused-ring (bicyclic) bond motifs is 3. The van der Waals surface area contributed by atoms with Gasteiger partial charge >= 0.3 is 5.97 Å². The molecule has 2 aromatic heterocycles. The molecule has 11 heteroatoms. The van der Waals surface area contributed by atoms with E-state index in [1.807, 2.05) is 11.0 Å². The lowest BCUT2D eigenvalue weighted by atomic mass is 10.1. The molecule has 0 amide bonds. The van der Waals surface area contributed by atoms with Crippen LogP contribution in [0.25, 0.3) is 11.0 Å². The van der Waals surface area contributed by atoms with E-state index in [1.54, 1.807) is 18.2 Å². The first kappa shape index (κ1) is 20.6. The third-order valence-corrected chi connectivity index (χ3v) is 6.38. The van der Waals surface area contributed by atoms with E-state index in [2.05, 4.69) is 9.97 Å². The number of pyridine rings is 2. The van der Waals surface area contributed by atoms with Gasteiger partial charge in [-0.15, -0.1) is 0 Å². The van der Waals surface area contributed by atoms with Gasteiger partial charge in [-0.3, -0.25) is 0 Å². The Balaban J connectivity index is 1.55. The second-order valence-corrected chi connectivity index (χ2v) is 9.20. The van der Waals surface area contributed by atoms with Crippen molar-refractivity contribution in [2.75, 3.05) is 25.2 Å². The number of ether oxygens (including phenoxy) is 3. The van der Waals surface area contributed by atoms with Crippen LogP contribution in [0, 0.1) is 0 Å². The van der Waals surface area contributed by atoms with Crippen molar-refractivity contribution in [3.63, 3.8) is 0 Å². The Morgan fingerprint density at radius 3 is 2.81 bits per heavy atom. The third-order valence-electron chi connectivity index (χ3n) is 5.37. The van der Waals surface area contributed by atoms with Gasteiger partial charge in [-0.05, 0) is 23.3 Å². The van der Waals surface area contributed by atoms with Gasteiger partial charge in [-0.1, -0.05) is 12.1 Å². The van der Waals surface area contributed by atoms with Gasteiger partial charge in [0.1, 0.15) is 6.54 Å². The summed E-state index contributed by atoms with van der Waals surface area (Å²) in [5, 5.41) is 6.10. The van der Waals surface area contributed by atoms with Gasteiger partial charge in [0, 0.05) is 24.4 Å². The molecule has 1 aromatic carbocycles. The molecule has 1 fully saturated rings. The van der Waals surface area contributed by atoms with Gasteiger partial charge in [-0.2, -0.15) is 4.98 Å². The van der Waals surface area contributed by atoms with Crippen molar-refractivity contribution < 1.29 is 27.4 Å². The number of hydrogen-bond donors (Lipinski definition) is 1. The number of nitrogens with zero attached hydrogens (tertiary/aromatic N) is 3. The molecule has 3 aromatic rings. The van der Waals surface area contributed by atoms with Crippen LogP contribution in [0.4, 0.5) is 5.69 Å². The summed E-state index contributed by atoms with van der Waals surface area (Å²) in [5.74, 6) is 0.358. The second kappa shape index (κ2) is 7.69. The van der Waals surface area contributed by atoms with Crippen molar-refractivity contribution in [3.05, 3.63) is 47.7 Å². The first-order valence-corrected chi connectivity index (χ1v) is 11.4. The summed E-state index contributed by atoms with van der Waals surface area (Å²) in [5.41, 5.74) is 2.56. The van der Waals surface area contributed by atoms with Crippen LogP contribution < -0.4 is 19.5 Å². The molecule has 1 saturated heterocycles. The maximum absolute atomic E-state index is 12.2. The quantitative estimate of drug-likeness (QED) is 0.428. The number of hydrogen-bond acceptors (Lipinski definition) is 9. The Morgan fingerprint density at radius 2 is 2.09 bits per heavy atom. The van der Waals surface area contributed by atoms with Crippen LogP contribution in [-0.4, -0.2) is 50.7 Å². The molecule has 0 aliphatic carbocycles. The van der Waals surface area contributed by atoms with Crippen molar-refractivity contribution >= 4 is 32.7 Å². The van der Waals surface area contributed by atoms with Crippen molar-refractivity contribution in [1.29, 1.82) is 0 Å². The van der Waals surface area contributed by atoms with E-state index in [-0.39, 0.29) is 17.5 Å². The maximum atomic E-state index is 12.2. The number of carbonyl (C=O) groups excluding carboxylic acids is 1. The molecular weight excluding hydrogens is 436 g/mol. The number of methoxy groups -OCH3 is 1. The van der Waals surface area contributed by atoms with E-state index < -0.39 is 16.0 Å². The standard InChI is InChI=1S/C21H20N4O6S/c1-29-18-5-3-15-20-16(8-23-21(15)24-18)31-19(26)10-25(20)9-12-2-4-17(32(22,27)28)13(6-12)7-14-11-30-14/h2-6,8,14H,7,9-11H2,1H3,(H2,22,27,28). The lowest BCUT2D eigenvalue weighted by molar-refractivity contribution is -0.133. The molecule has 0 bridgehead atoms. The smallest absolute Gasteiger partial charge is 0.331 e. The molecule has 2 aliphatic heterocycles. The summed E-state index contributed by atoms with van der Waals surface area (Å²) in [7, 11) is -2.34. The molecule has 5 rings (SSSR count). The predicted molar refractivity (Wildman–Crippen MR) is 114 cm³/mol. The molecule has 10 nitrogen and oxygen atoms in total. The largest absolute Gasteiger partial charge is 0.481 e. The lowest BCUT2D eigenvalue weighted by Gasteiger charge is -2.30. The Kier molecular flexibility index (Phi) is 4.96. The summed E-state index contributed by atoms with van der Waals surface area (Å²) >= 11 is 0. The number of epoxide rings is 1. The Hall–Kier alpha value is -3.28. The SMILES string of the molecule is COc1ccc2c3c(cnc2n1)OC(=O)CN3Cc1ccc(S(N)(=O)=O)c(CC2CO2)c1. The Morgan fingerprint density at radius 1 is 1.28 bits per heavy atom. The van der Waals surface area contributed by atoms with Crippen molar-refractivity contribution in [1.82, 2.24) is 9.97 Å². The van der Waals surface area contributed by atoms with Crippen LogP contribution in [0.2, 0.25) is 0 Å². The fourth-order valence-corrected chi connectivity index (χ4v) is 4.65. The molecule has 0 spiro atoms. The highest BCUT2D eigenvalue weighted by molar-refractivity contribution is 7.89. The molecule has 166 valence electrons. The van der Waals surface area contributed by atoms with Crippen molar-refractivity contribution in [2.45, 2.75) is 24.0 Å². The van der Waals surface area contributed by atoms with E-state index >= 15 is 0 Å². The third kappa shape index (κ3) is 3.97. The molecule has 0 radical (unpaired) electrons. The van der Waals surface area contributed by atoms with Crippen LogP contribution in [0.5, 0.6) is 11.6 Å². The summed E-state index contributed by atoms with van der Waals surface area (Å²) in [6.07, 6.45) is 1.91. The summed E-state index contributed by atoms with van der Waals surface area (Å²) < 4.78 is 39.8. The lowest BCUT2D eigenvalue weighted by Crippen LogP contribution is -2.36. The number of sulfonamides is 1. The highest BCUT2D eigenvalue weighted by Crippen LogP contribution is 2.38. The van der Waals surface area contributed by atoms with E-state index in [4.69, 9.17) is 19.3 Å². The van der Waals surface area contributed by atoms with Crippen LogP contribution in [-0.2, 0) is 32.5 Å². The van der Waals surface area contributed by atoms with Crippen LogP contribution in [0.3, 0.4) is 0 Å². The summed E-state index contributed by atoms with van der Waals surface area (Å²) in [6, 6.07) is 8.53. The first-order valence-electron chi connectivity index (χ1n) is 9.87. The number of nitrogens with two attached hydrogens (primary N) is 1. The highest BCUT2D eigenvalue weighted by Gasteiger charge is 2.29. The molecule has 1 atom stereocenters. The van der Waals surface area contributed by atoms with Gasteiger partial charge < -0.3 is 19.1 Å². The summed E-state index contributed by atoms with van der Waals surface area (Å²) in [4.78, 5) is 22.8. The molecular formula is C21H20N4O6S. The maximum Gasteiger partial charge on any atom is 0.331 e. The fourth-order valence-electron chi connectivity index (χ4n) is 3.89. The van der Waals surface area contributed by atoms with Crippen LogP contribution >= 0.6 is 0 Å². The van der Waals surface area contributed by atoms with Crippen LogP contribution in [0.15, 0.2) is 41.4 Å². The molecule has 2 aliphatic rings. The Labute approximate surface area is 184 Å². The second-order valence-electron chi connectivity index (χ2n) is 7.67. The van der Waals surface area contributed by atoms with Crippen molar-refractivity contribution in [3.8, 4) is 11.6 Å². The number of esters is 1. The predicted octanol–water partition coefficient (Wildman–Crippen LogP) is 1.15. The summed E-state index contributed by atoms with van der Waals surface area (Å²) in [6.45, 7) is 0.960. The van der Waals surface area contributed by atoms with Gasteiger partial charge in [0.25, 0.3) is 0 Å². The normalized spacial score (nSPS) is 17.8. The topological polar surface area (TPSA) is 137 Å². The molecule has 4 heterocycles. The number of aromatic nitrogens is 2. The van der Waals surface area contributed by atoms with E-state index in [0.717, 1.165) is 5.56 Å². The zero-order chi connectivity index (χ0) is 22.5. The monoisotopic (exact) mass is 456 g/mol. The zero-order valence-electron chi connectivity index (χ0n) is 17.1. The minimum atomic E-state index is -3.87. The molecule has 2 N–H and O–H groups in total. The molecule has 1 unspecified atom stereocenters. The van der Waals surface area contributed by atoms with Gasteiger partial charge in [-0.25, -0.2) is 23.3 Å². The minimum Gasteiger partial charge on any atom is -0.481 e. The van der Waals surface area contributed by atoms with Crippen molar-refractivity contribution in [2.24, 2.45) is 5.14 Å². The minimum absolute atomic E-state index is 0.00693. The highest BCUT2D eigenvalue weighted by atomic mass is 32.2. The average Bonchev–Trinajstić information content (AvgIpc) is 3.56. The molecule has 0 saturated carbocycles. The Bertz CT molecular complexity index is 1340. The number of carbonyl (C=O) groups is 1. The van der Waals surface area contributed by atoms with E-state index in [9.17, 15) is 13.2 Å². The zero-order valence-corrected chi connectivity index (χ0v) is 18.0. The number of primary sulfonamides is 1. The average molecular weight is 456 g/mol. The first-order chi connectivity index (χ1) is 15.3.